The Labute approximate surface area is 182 Å². The normalized spacial score (nSPS) is 38.3. The number of carbonyl (C=O) groups excluding carboxylic acids is 2. The highest BCUT2D eigenvalue weighted by Gasteiger charge is 2.61. The third kappa shape index (κ3) is 3.12. The van der Waals surface area contributed by atoms with Crippen molar-refractivity contribution < 1.29 is 23.8 Å². The molecule has 166 valence electrons. The number of carbonyl (C=O) groups is 2. The SMILES string of the molecule is C=C1CCC2[C@@](C)(CC[C@H]3OC(=O)OC[C@@]23C)C1CC(C1=CCOC1=O)n1ccnc1. The van der Waals surface area contributed by atoms with Gasteiger partial charge in [-0.15, -0.1) is 0 Å². The van der Waals surface area contributed by atoms with Crippen molar-refractivity contribution in [1.82, 2.24) is 9.55 Å². The van der Waals surface area contributed by atoms with E-state index in [1.165, 1.54) is 5.57 Å². The molecule has 1 aromatic rings. The smallest absolute Gasteiger partial charge is 0.458 e. The maximum Gasteiger partial charge on any atom is 0.508 e. The summed E-state index contributed by atoms with van der Waals surface area (Å²) in [4.78, 5) is 28.4. The summed E-state index contributed by atoms with van der Waals surface area (Å²) in [5, 5.41) is 0. The minimum absolute atomic E-state index is 0.0183. The van der Waals surface area contributed by atoms with Crippen LogP contribution in [0.25, 0.3) is 0 Å². The highest BCUT2D eigenvalue weighted by atomic mass is 16.7. The molecule has 0 amide bonds. The van der Waals surface area contributed by atoms with Gasteiger partial charge < -0.3 is 18.8 Å². The van der Waals surface area contributed by atoms with Crippen molar-refractivity contribution >= 4 is 12.1 Å². The zero-order chi connectivity index (χ0) is 21.8. The lowest BCUT2D eigenvalue weighted by Gasteiger charge is -2.61. The second kappa shape index (κ2) is 7.24. The fraction of sp³-hybridized carbons (Fsp3) is 0.625. The van der Waals surface area contributed by atoms with Crippen molar-refractivity contribution in [1.29, 1.82) is 0 Å². The molecule has 2 aliphatic carbocycles. The summed E-state index contributed by atoms with van der Waals surface area (Å²) >= 11 is 0. The monoisotopic (exact) mass is 426 g/mol. The molecule has 2 saturated carbocycles. The Morgan fingerprint density at radius 2 is 2.10 bits per heavy atom. The van der Waals surface area contributed by atoms with Crippen LogP contribution in [-0.2, 0) is 19.0 Å². The lowest BCUT2D eigenvalue weighted by molar-refractivity contribution is -0.193. The van der Waals surface area contributed by atoms with E-state index >= 15 is 0 Å². The van der Waals surface area contributed by atoms with Gasteiger partial charge in [-0.05, 0) is 55.4 Å². The van der Waals surface area contributed by atoms with Gasteiger partial charge in [0.1, 0.15) is 19.3 Å². The first-order valence-corrected chi connectivity index (χ1v) is 11.2. The van der Waals surface area contributed by atoms with Crippen LogP contribution in [0.5, 0.6) is 0 Å². The summed E-state index contributed by atoms with van der Waals surface area (Å²) in [6.45, 7) is 9.77. The van der Waals surface area contributed by atoms with E-state index in [4.69, 9.17) is 14.2 Å². The molecule has 3 fully saturated rings. The zero-order valence-corrected chi connectivity index (χ0v) is 18.2. The van der Waals surface area contributed by atoms with Crippen molar-refractivity contribution in [3.63, 3.8) is 0 Å². The second-order valence-corrected chi connectivity index (χ2v) is 10.0. The van der Waals surface area contributed by atoms with Crippen molar-refractivity contribution in [2.45, 2.75) is 58.1 Å². The first kappa shape index (κ1) is 20.3. The molecule has 1 saturated heterocycles. The number of fused-ring (bicyclic) bond motifs is 3. The van der Waals surface area contributed by atoms with Gasteiger partial charge in [0.05, 0.1) is 17.9 Å². The van der Waals surface area contributed by atoms with Crippen molar-refractivity contribution in [2.24, 2.45) is 22.7 Å². The molecule has 6 atom stereocenters. The first-order chi connectivity index (χ1) is 14.8. The zero-order valence-electron chi connectivity index (χ0n) is 18.2. The average molecular weight is 427 g/mol. The van der Waals surface area contributed by atoms with Gasteiger partial charge in [0.25, 0.3) is 0 Å². The van der Waals surface area contributed by atoms with Gasteiger partial charge in [0.15, 0.2) is 0 Å². The molecule has 5 rings (SSSR count). The molecule has 7 heteroatoms. The van der Waals surface area contributed by atoms with Crippen LogP contribution in [0.1, 0.15) is 52.0 Å². The number of hydrogen-bond donors (Lipinski definition) is 0. The second-order valence-electron chi connectivity index (χ2n) is 10.0. The standard InChI is InChI=1S/C24H30N2O5/c1-15-4-5-19-23(2,8-6-20-24(19,3)13-30-22(28)31-20)17(15)12-18(26-10-9-25-14-26)16-7-11-29-21(16)27/h7,9-10,14,17-20H,1,4-6,8,11-13H2,2-3H3/t17?,18?,19?,20-,23+,24+/m1/s1. The maximum absolute atomic E-state index is 12.5. The molecule has 1 aromatic heterocycles. The average Bonchev–Trinajstić information content (AvgIpc) is 3.41. The number of esters is 1. The fourth-order valence-corrected chi connectivity index (χ4v) is 6.89. The quantitative estimate of drug-likeness (QED) is 0.530. The summed E-state index contributed by atoms with van der Waals surface area (Å²) in [5.74, 6) is 0.323. The number of allylic oxidation sites excluding steroid dienone is 1. The highest BCUT2D eigenvalue weighted by molar-refractivity contribution is 5.91. The highest BCUT2D eigenvalue weighted by Crippen LogP contribution is 2.63. The van der Waals surface area contributed by atoms with E-state index in [9.17, 15) is 9.59 Å². The van der Waals surface area contributed by atoms with Gasteiger partial charge in [0.2, 0.25) is 0 Å². The molecule has 0 N–H and O–H groups in total. The largest absolute Gasteiger partial charge is 0.508 e. The number of ether oxygens (including phenoxy) is 3. The number of rotatable bonds is 4. The molecular formula is C24H30N2O5. The molecule has 3 heterocycles. The van der Waals surface area contributed by atoms with Crippen molar-refractivity contribution in [3.05, 3.63) is 42.5 Å². The summed E-state index contributed by atoms with van der Waals surface area (Å²) < 4.78 is 18.2. The molecule has 2 aliphatic heterocycles. The first-order valence-electron chi connectivity index (χ1n) is 11.2. The number of imidazole rings is 1. The molecule has 7 nitrogen and oxygen atoms in total. The summed E-state index contributed by atoms with van der Waals surface area (Å²) in [6.07, 6.45) is 11.2. The van der Waals surface area contributed by atoms with E-state index < -0.39 is 6.16 Å². The van der Waals surface area contributed by atoms with E-state index in [0.29, 0.717) is 24.7 Å². The molecule has 0 bridgehead atoms. The Balaban J connectivity index is 1.49. The van der Waals surface area contributed by atoms with Crippen LogP contribution in [0, 0.1) is 22.7 Å². The van der Waals surface area contributed by atoms with E-state index in [1.54, 1.807) is 12.5 Å². The van der Waals surface area contributed by atoms with Crippen LogP contribution in [0.15, 0.2) is 42.5 Å². The Bertz CT molecular complexity index is 938. The van der Waals surface area contributed by atoms with E-state index in [2.05, 4.69) is 25.4 Å². The van der Waals surface area contributed by atoms with Gasteiger partial charge >= 0.3 is 12.1 Å². The minimum atomic E-state index is -0.547. The number of aromatic nitrogens is 2. The van der Waals surface area contributed by atoms with Crippen molar-refractivity contribution in [3.8, 4) is 0 Å². The Morgan fingerprint density at radius 1 is 1.26 bits per heavy atom. The van der Waals surface area contributed by atoms with Gasteiger partial charge in [-0.2, -0.15) is 0 Å². The van der Waals surface area contributed by atoms with Gasteiger partial charge in [0, 0.05) is 17.8 Å². The molecule has 0 spiro atoms. The molecule has 0 aromatic carbocycles. The minimum Gasteiger partial charge on any atom is -0.458 e. The molecular weight excluding hydrogens is 396 g/mol. The summed E-state index contributed by atoms with van der Waals surface area (Å²) in [7, 11) is 0. The third-order valence-corrected chi connectivity index (χ3v) is 8.51. The van der Waals surface area contributed by atoms with Gasteiger partial charge in [-0.25, -0.2) is 14.6 Å². The maximum atomic E-state index is 12.5. The van der Waals surface area contributed by atoms with Crippen LogP contribution >= 0.6 is 0 Å². The molecule has 31 heavy (non-hydrogen) atoms. The number of cyclic esters (lactones) is 2. The Hall–Kier alpha value is -2.57. The molecule has 4 aliphatic rings. The molecule has 0 radical (unpaired) electrons. The number of nitrogens with zero attached hydrogens (tertiary/aromatic N) is 2. The predicted molar refractivity (Wildman–Crippen MR) is 112 cm³/mol. The third-order valence-electron chi connectivity index (χ3n) is 8.51. The van der Waals surface area contributed by atoms with Crippen LogP contribution in [0.4, 0.5) is 4.79 Å². The van der Waals surface area contributed by atoms with E-state index in [1.807, 2.05) is 16.8 Å². The topological polar surface area (TPSA) is 79.7 Å². The predicted octanol–water partition coefficient (Wildman–Crippen LogP) is 4.22. The number of hydrogen-bond acceptors (Lipinski definition) is 6. The van der Waals surface area contributed by atoms with E-state index in [0.717, 1.165) is 32.1 Å². The van der Waals surface area contributed by atoms with Gasteiger partial charge in [-0.3, -0.25) is 0 Å². The summed E-state index contributed by atoms with van der Waals surface area (Å²) in [5.41, 5.74) is 1.71. The van der Waals surface area contributed by atoms with Crippen LogP contribution in [-0.4, -0.2) is 41.0 Å². The van der Waals surface area contributed by atoms with E-state index in [-0.39, 0.29) is 34.9 Å². The van der Waals surface area contributed by atoms with Crippen LogP contribution < -0.4 is 0 Å². The van der Waals surface area contributed by atoms with Gasteiger partial charge in [-0.1, -0.05) is 26.0 Å². The van der Waals surface area contributed by atoms with Crippen LogP contribution in [0.3, 0.4) is 0 Å². The lowest BCUT2D eigenvalue weighted by Crippen LogP contribution is -2.60. The fourth-order valence-electron chi connectivity index (χ4n) is 6.89. The lowest BCUT2D eigenvalue weighted by atomic mass is 9.45. The molecule has 3 unspecified atom stereocenters. The van der Waals surface area contributed by atoms with Crippen LogP contribution in [0.2, 0.25) is 0 Å². The van der Waals surface area contributed by atoms with Crippen molar-refractivity contribution in [2.75, 3.05) is 13.2 Å². The Morgan fingerprint density at radius 3 is 2.81 bits per heavy atom. The Kier molecular flexibility index (Phi) is 4.75. The summed E-state index contributed by atoms with van der Waals surface area (Å²) in [6, 6.07) is -0.138.